The highest BCUT2D eigenvalue weighted by molar-refractivity contribution is 7.09. The zero-order valence-electron chi connectivity index (χ0n) is 12.2. The minimum atomic E-state index is -0.249. The highest BCUT2D eigenvalue weighted by atomic mass is 32.1. The number of hydrogen-bond donors (Lipinski definition) is 2. The van der Waals surface area contributed by atoms with Gasteiger partial charge in [-0.15, -0.1) is 11.3 Å². The second kappa shape index (κ2) is 6.49. The lowest BCUT2D eigenvalue weighted by molar-refractivity contribution is -0.115. The normalized spacial score (nSPS) is 10.2. The van der Waals surface area contributed by atoms with E-state index in [2.05, 4.69) is 15.6 Å². The van der Waals surface area contributed by atoms with Crippen LogP contribution in [0.2, 0.25) is 0 Å². The van der Waals surface area contributed by atoms with Crippen molar-refractivity contribution in [3.05, 3.63) is 39.8 Å². The van der Waals surface area contributed by atoms with Crippen molar-refractivity contribution in [2.75, 3.05) is 10.6 Å². The van der Waals surface area contributed by atoms with Gasteiger partial charge in [-0.2, -0.15) is 0 Å². The van der Waals surface area contributed by atoms with Crippen LogP contribution in [0.15, 0.2) is 23.6 Å². The zero-order chi connectivity index (χ0) is 15.4. The SMILES string of the molecule is CCC(=O)Nc1ccc(C)c(NC(=O)c2csc(C)n2)c1. The van der Waals surface area contributed by atoms with Gasteiger partial charge in [0.05, 0.1) is 5.01 Å². The first-order valence-corrected chi connectivity index (χ1v) is 7.51. The molecule has 1 aromatic carbocycles. The lowest BCUT2D eigenvalue weighted by Crippen LogP contribution is -2.14. The highest BCUT2D eigenvalue weighted by Gasteiger charge is 2.11. The first-order valence-electron chi connectivity index (χ1n) is 6.63. The Labute approximate surface area is 127 Å². The Bertz CT molecular complexity index is 679. The van der Waals surface area contributed by atoms with Crippen molar-refractivity contribution < 1.29 is 9.59 Å². The van der Waals surface area contributed by atoms with Crippen LogP contribution in [0.3, 0.4) is 0 Å². The molecule has 0 radical (unpaired) electrons. The molecule has 2 aromatic rings. The van der Waals surface area contributed by atoms with Gasteiger partial charge in [0.25, 0.3) is 5.91 Å². The topological polar surface area (TPSA) is 71.1 Å². The molecule has 0 aliphatic carbocycles. The molecule has 6 heteroatoms. The number of anilines is 2. The van der Waals surface area contributed by atoms with Gasteiger partial charge in [0.2, 0.25) is 5.91 Å². The third-order valence-corrected chi connectivity index (χ3v) is 3.72. The van der Waals surface area contributed by atoms with Crippen LogP contribution in [0.1, 0.15) is 34.4 Å². The summed E-state index contributed by atoms with van der Waals surface area (Å²) >= 11 is 1.43. The molecule has 0 aliphatic rings. The summed E-state index contributed by atoms with van der Waals surface area (Å²) in [6.07, 6.45) is 0.410. The van der Waals surface area contributed by atoms with Crippen molar-refractivity contribution in [3.63, 3.8) is 0 Å². The number of amides is 2. The molecule has 0 atom stereocenters. The van der Waals surface area contributed by atoms with Crippen LogP contribution >= 0.6 is 11.3 Å². The molecule has 1 aromatic heterocycles. The molecule has 0 unspecified atom stereocenters. The van der Waals surface area contributed by atoms with E-state index >= 15 is 0 Å². The number of aryl methyl sites for hydroxylation is 2. The predicted molar refractivity (Wildman–Crippen MR) is 84.9 cm³/mol. The van der Waals surface area contributed by atoms with Crippen molar-refractivity contribution in [1.82, 2.24) is 4.98 Å². The molecule has 21 heavy (non-hydrogen) atoms. The molecule has 5 nitrogen and oxygen atoms in total. The van der Waals surface area contributed by atoms with E-state index in [1.165, 1.54) is 11.3 Å². The third kappa shape index (κ3) is 3.88. The maximum absolute atomic E-state index is 12.1. The summed E-state index contributed by atoms with van der Waals surface area (Å²) in [6, 6.07) is 5.42. The smallest absolute Gasteiger partial charge is 0.275 e. The van der Waals surface area contributed by atoms with Gasteiger partial charge < -0.3 is 10.6 Å². The van der Waals surface area contributed by atoms with E-state index in [0.29, 0.717) is 23.5 Å². The largest absolute Gasteiger partial charge is 0.326 e. The molecule has 0 bridgehead atoms. The summed E-state index contributed by atoms with van der Waals surface area (Å²) in [4.78, 5) is 27.7. The van der Waals surface area contributed by atoms with Crippen molar-refractivity contribution in [1.29, 1.82) is 0 Å². The molecule has 1 heterocycles. The fourth-order valence-electron chi connectivity index (χ4n) is 1.74. The van der Waals surface area contributed by atoms with Gasteiger partial charge in [-0.05, 0) is 31.5 Å². The second-order valence-corrected chi connectivity index (χ2v) is 5.70. The van der Waals surface area contributed by atoms with Crippen molar-refractivity contribution >= 4 is 34.5 Å². The maximum atomic E-state index is 12.1. The van der Waals surface area contributed by atoms with E-state index in [-0.39, 0.29) is 11.8 Å². The number of rotatable bonds is 4. The number of hydrogen-bond acceptors (Lipinski definition) is 4. The van der Waals surface area contributed by atoms with Crippen LogP contribution in [0.4, 0.5) is 11.4 Å². The second-order valence-electron chi connectivity index (χ2n) is 4.64. The van der Waals surface area contributed by atoms with E-state index in [0.717, 1.165) is 10.6 Å². The number of aromatic nitrogens is 1. The average molecular weight is 303 g/mol. The molecular formula is C15H17N3O2S. The predicted octanol–water partition coefficient (Wildman–Crippen LogP) is 3.36. The molecule has 2 N–H and O–H groups in total. The molecule has 2 amide bonds. The molecule has 0 fully saturated rings. The number of benzene rings is 1. The van der Waals surface area contributed by atoms with E-state index < -0.39 is 0 Å². The minimum absolute atomic E-state index is 0.0637. The summed E-state index contributed by atoms with van der Waals surface area (Å²) in [5, 5.41) is 8.17. The van der Waals surface area contributed by atoms with Crippen LogP contribution < -0.4 is 10.6 Å². The Morgan fingerprint density at radius 3 is 2.62 bits per heavy atom. The number of carbonyl (C=O) groups is 2. The molecule has 2 rings (SSSR count). The van der Waals surface area contributed by atoms with Crippen LogP contribution in [0.25, 0.3) is 0 Å². The molecule has 0 saturated carbocycles. The van der Waals surface area contributed by atoms with Crippen LogP contribution in [-0.4, -0.2) is 16.8 Å². The van der Waals surface area contributed by atoms with Gasteiger partial charge in [-0.3, -0.25) is 9.59 Å². The molecule has 0 spiro atoms. The van der Waals surface area contributed by atoms with Crippen LogP contribution in [-0.2, 0) is 4.79 Å². The lowest BCUT2D eigenvalue weighted by atomic mass is 10.1. The Balaban J connectivity index is 2.17. The summed E-state index contributed by atoms with van der Waals surface area (Å²) < 4.78 is 0. The standard InChI is InChI=1S/C15H17N3O2S/c1-4-14(19)17-11-6-5-9(2)12(7-11)18-15(20)13-8-21-10(3)16-13/h5-8H,4H2,1-3H3,(H,17,19)(H,18,20). The maximum Gasteiger partial charge on any atom is 0.275 e. The fraction of sp³-hybridized carbons (Fsp3) is 0.267. The molecular weight excluding hydrogens is 286 g/mol. The Hall–Kier alpha value is -2.21. The molecule has 0 aliphatic heterocycles. The Morgan fingerprint density at radius 1 is 1.24 bits per heavy atom. The number of thiazole rings is 1. The van der Waals surface area contributed by atoms with E-state index in [9.17, 15) is 9.59 Å². The highest BCUT2D eigenvalue weighted by Crippen LogP contribution is 2.21. The first-order chi connectivity index (χ1) is 9.99. The van der Waals surface area contributed by atoms with Crippen LogP contribution in [0.5, 0.6) is 0 Å². The van der Waals surface area contributed by atoms with E-state index in [1.807, 2.05) is 26.0 Å². The lowest BCUT2D eigenvalue weighted by Gasteiger charge is -2.10. The third-order valence-electron chi connectivity index (χ3n) is 2.94. The summed E-state index contributed by atoms with van der Waals surface area (Å²) in [7, 11) is 0. The van der Waals surface area contributed by atoms with E-state index in [1.54, 1.807) is 18.4 Å². The van der Waals surface area contributed by atoms with Gasteiger partial charge in [0.15, 0.2) is 0 Å². The van der Waals surface area contributed by atoms with Crippen molar-refractivity contribution in [2.24, 2.45) is 0 Å². The van der Waals surface area contributed by atoms with Gasteiger partial charge in [0.1, 0.15) is 5.69 Å². The fourth-order valence-corrected chi connectivity index (χ4v) is 2.33. The summed E-state index contributed by atoms with van der Waals surface area (Å²) in [5.41, 5.74) is 2.65. The van der Waals surface area contributed by atoms with Crippen molar-refractivity contribution in [2.45, 2.75) is 27.2 Å². The quantitative estimate of drug-likeness (QED) is 0.909. The van der Waals surface area contributed by atoms with Crippen molar-refractivity contribution in [3.8, 4) is 0 Å². The average Bonchev–Trinajstić information content (AvgIpc) is 2.89. The van der Waals surface area contributed by atoms with Gasteiger partial charge in [0, 0.05) is 23.2 Å². The minimum Gasteiger partial charge on any atom is -0.326 e. The Kier molecular flexibility index (Phi) is 4.70. The number of nitrogens with one attached hydrogen (secondary N) is 2. The first kappa shape index (κ1) is 15.2. The summed E-state index contributed by atoms with van der Waals surface area (Å²) in [5.74, 6) is -0.312. The number of nitrogens with zero attached hydrogens (tertiary/aromatic N) is 1. The van der Waals surface area contributed by atoms with Gasteiger partial charge >= 0.3 is 0 Å². The van der Waals surface area contributed by atoms with Gasteiger partial charge in [-0.1, -0.05) is 13.0 Å². The molecule has 0 saturated heterocycles. The van der Waals surface area contributed by atoms with E-state index in [4.69, 9.17) is 0 Å². The number of carbonyl (C=O) groups excluding carboxylic acids is 2. The Morgan fingerprint density at radius 2 is 2.00 bits per heavy atom. The zero-order valence-corrected chi connectivity index (χ0v) is 13.0. The van der Waals surface area contributed by atoms with Gasteiger partial charge in [-0.25, -0.2) is 4.98 Å². The monoisotopic (exact) mass is 303 g/mol. The molecule has 110 valence electrons. The summed E-state index contributed by atoms with van der Waals surface area (Å²) in [6.45, 7) is 5.54. The van der Waals surface area contributed by atoms with Crippen LogP contribution in [0, 0.1) is 13.8 Å².